The summed E-state index contributed by atoms with van der Waals surface area (Å²) in [5.74, 6) is 0.455. The first kappa shape index (κ1) is 21.7. The van der Waals surface area contributed by atoms with Crippen molar-refractivity contribution in [3.05, 3.63) is 63.2 Å². The SMILES string of the molecule is CC[C@H](C)Oc1ccc(/C=N\NC(=O)CSc2ccc([N+](=O)[O-])cc2)cc1Cl. The summed E-state index contributed by atoms with van der Waals surface area (Å²) in [5.41, 5.74) is 3.17. The summed E-state index contributed by atoms with van der Waals surface area (Å²) in [6.45, 7) is 4.00. The van der Waals surface area contributed by atoms with E-state index in [4.69, 9.17) is 16.3 Å². The standard InChI is InChI=1S/C19H20ClN3O4S/c1-3-13(2)27-18-9-4-14(10-17(18)20)11-21-22-19(24)12-28-16-7-5-15(6-8-16)23(25)26/h4-11,13H,3,12H2,1-2H3,(H,22,24)/b21-11-/t13-/m0/s1. The lowest BCUT2D eigenvalue weighted by Gasteiger charge is -2.13. The topological polar surface area (TPSA) is 93.8 Å². The van der Waals surface area contributed by atoms with Gasteiger partial charge in [0.15, 0.2) is 0 Å². The van der Waals surface area contributed by atoms with E-state index in [-0.39, 0.29) is 23.5 Å². The Kier molecular flexibility index (Phi) is 8.28. The van der Waals surface area contributed by atoms with Gasteiger partial charge in [0.2, 0.25) is 5.91 Å². The minimum absolute atomic E-state index is 0.0117. The second-order valence-corrected chi connectivity index (χ2v) is 7.32. The highest BCUT2D eigenvalue weighted by molar-refractivity contribution is 8.00. The van der Waals surface area contributed by atoms with Gasteiger partial charge in [0.1, 0.15) is 5.75 Å². The number of thioether (sulfide) groups is 1. The van der Waals surface area contributed by atoms with Crippen molar-refractivity contribution in [2.75, 3.05) is 5.75 Å². The van der Waals surface area contributed by atoms with Gasteiger partial charge in [0.05, 0.1) is 28.0 Å². The van der Waals surface area contributed by atoms with Crippen LogP contribution in [0.4, 0.5) is 5.69 Å². The molecule has 0 heterocycles. The second-order valence-electron chi connectivity index (χ2n) is 5.86. The van der Waals surface area contributed by atoms with Gasteiger partial charge in [-0.2, -0.15) is 5.10 Å². The molecule has 0 aromatic heterocycles. The molecule has 1 N–H and O–H groups in total. The van der Waals surface area contributed by atoms with E-state index >= 15 is 0 Å². The maximum Gasteiger partial charge on any atom is 0.269 e. The van der Waals surface area contributed by atoms with E-state index in [0.717, 1.165) is 16.9 Å². The molecule has 1 atom stereocenters. The number of amides is 1. The molecule has 0 aliphatic rings. The van der Waals surface area contributed by atoms with E-state index in [2.05, 4.69) is 10.5 Å². The van der Waals surface area contributed by atoms with Crippen LogP contribution in [-0.2, 0) is 4.79 Å². The Morgan fingerprint density at radius 1 is 1.36 bits per heavy atom. The highest BCUT2D eigenvalue weighted by atomic mass is 35.5. The van der Waals surface area contributed by atoms with E-state index in [1.54, 1.807) is 30.3 Å². The minimum atomic E-state index is -0.467. The van der Waals surface area contributed by atoms with Gasteiger partial charge in [-0.15, -0.1) is 11.8 Å². The summed E-state index contributed by atoms with van der Waals surface area (Å²) in [4.78, 5) is 22.8. The third kappa shape index (κ3) is 6.86. The number of hydrogen-bond donors (Lipinski definition) is 1. The number of halogens is 1. The lowest BCUT2D eigenvalue weighted by atomic mass is 10.2. The van der Waals surface area contributed by atoms with E-state index in [1.165, 1.54) is 30.1 Å². The van der Waals surface area contributed by atoms with Crippen LogP contribution in [-0.4, -0.2) is 28.9 Å². The highest BCUT2D eigenvalue weighted by Gasteiger charge is 2.07. The van der Waals surface area contributed by atoms with E-state index in [9.17, 15) is 14.9 Å². The average Bonchev–Trinajstić information content (AvgIpc) is 2.68. The number of ether oxygens (including phenoxy) is 1. The summed E-state index contributed by atoms with van der Waals surface area (Å²) in [6, 6.07) is 11.3. The lowest BCUT2D eigenvalue weighted by Crippen LogP contribution is -2.19. The van der Waals surface area contributed by atoms with Crippen molar-refractivity contribution in [3.63, 3.8) is 0 Å². The van der Waals surface area contributed by atoms with Gasteiger partial charge in [-0.25, -0.2) is 5.43 Å². The molecule has 28 heavy (non-hydrogen) atoms. The highest BCUT2D eigenvalue weighted by Crippen LogP contribution is 2.26. The maximum absolute atomic E-state index is 11.9. The van der Waals surface area contributed by atoms with Gasteiger partial charge in [-0.1, -0.05) is 18.5 Å². The molecule has 1 amide bonds. The van der Waals surface area contributed by atoms with E-state index < -0.39 is 4.92 Å². The summed E-state index contributed by atoms with van der Waals surface area (Å²) in [6.07, 6.45) is 2.45. The number of non-ortho nitro benzene ring substituents is 1. The predicted octanol–water partition coefficient (Wildman–Crippen LogP) is 4.67. The Morgan fingerprint density at radius 3 is 2.68 bits per heavy atom. The third-order valence-electron chi connectivity index (χ3n) is 3.68. The minimum Gasteiger partial charge on any atom is -0.489 e. The fraction of sp³-hybridized carbons (Fsp3) is 0.263. The van der Waals surface area contributed by atoms with Crippen LogP contribution in [0.3, 0.4) is 0 Å². The molecule has 0 bridgehead atoms. The van der Waals surface area contributed by atoms with Crippen molar-refractivity contribution in [2.24, 2.45) is 5.10 Å². The first-order chi connectivity index (χ1) is 13.4. The van der Waals surface area contributed by atoms with Crippen LogP contribution in [0.5, 0.6) is 5.75 Å². The van der Waals surface area contributed by atoms with Crippen LogP contribution in [0.1, 0.15) is 25.8 Å². The van der Waals surface area contributed by atoms with Crippen LogP contribution in [0, 0.1) is 10.1 Å². The molecule has 0 aliphatic carbocycles. The van der Waals surface area contributed by atoms with Crippen molar-refractivity contribution in [3.8, 4) is 5.75 Å². The van der Waals surface area contributed by atoms with Crippen LogP contribution in [0.15, 0.2) is 52.5 Å². The Morgan fingerprint density at radius 2 is 2.07 bits per heavy atom. The van der Waals surface area contributed by atoms with Crippen molar-refractivity contribution in [1.82, 2.24) is 5.43 Å². The fourth-order valence-electron chi connectivity index (χ4n) is 2.02. The fourth-order valence-corrected chi connectivity index (χ4v) is 2.94. The number of carbonyl (C=O) groups is 1. The van der Waals surface area contributed by atoms with Crippen LogP contribution < -0.4 is 10.2 Å². The smallest absolute Gasteiger partial charge is 0.269 e. The van der Waals surface area contributed by atoms with Gasteiger partial charge in [0.25, 0.3) is 5.69 Å². The van der Waals surface area contributed by atoms with E-state index in [0.29, 0.717) is 10.8 Å². The Labute approximate surface area is 172 Å². The summed E-state index contributed by atoms with van der Waals surface area (Å²) >= 11 is 7.46. The molecule has 0 radical (unpaired) electrons. The molecule has 0 spiro atoms. The zero-order valence-corrected chi connectivity index (χ0v) is 17.0. The number of rotatable bonds is 9. The molecular weight excluding hydrogens is 402 g/mol. The van der Waals surface area contributed by atoms with Crippen molar-refractivity contribution in [1.29, 1.82) is 0 Å². The maximum atomic E-state index is 11.9. The van der Waals surface area contributed by atoms with Gasteiger partial charge < -0.3 is 4.74 Å². The van der Waals surface area contributed by atoms with Crippen molar-refractivity contribution < 1.29 is 14.5 Å². The molecule has 2 aromatic rings. The van der Waals surface area contributed by atoms with Gasteiger partial charge in [-0.3, -0.25) is 14.9 Å². The number of hydrazone groups is 1. The molecule has 2 aromatic carbocycles. The zero-order valence-electron chi connectivity index (χ0n) is 15.4. The van der Waals surface area contributed by atoms with E-state index in [1.807, 2.05) is 13.8 Å². The quantitative estimate of drug-likeness (QED) is 0.275. The van der Waals surface area contributed by atoms with Crippen molar-refractivity contribution >= 4 is 41.2 Å². The monoisotopic (exact) mass is 421 g/mol. The summed E-state index contributed by atoms with van der Waals surface area (Å²) < 4.78 is 5.70. The number of nitro groups is 1. The number of nitro benzene ring substituents is 1. The number of nitrogens with zero attached hydrogens (tertiary/aromatic N) is 2. The largest absolute Gasteiger partial charge is 0.489 e. The number of benzene rings is 2. The number of hydrogen-bond acceptors (Lipinski definition) is 6. The lowest BCUT2D eigenvalue weighted by molar-refractivity contribution is -0.384. The molecule has 7 nitrogen and oxygen atoms in total. The Bertz CT molecular complexity index is 859. The molecule has 0 saturated carbocycles. The average molecular weight is 422 g/mol. The molecule has 0 aliphatic heterocycles. The Hall–Kier alpha value is -2.58. The van der Waals surface area contributed by atoms with Crippen LogP contribution in [0.2, 0.25) is 5.02 Å². The first-order valence-electron chi connectivity index (χ1n) is 8.54. The van der Waals surface area contributed by atoms with Gasteiger partial charge in [-0.05, 0) is 49.2 Å². The molecule has 9 heteroatoms. The number of nitrogens with one attached hydrogen (secondary N) is 1. The predicted molar refractivity (Wildman–Crippen MR) is 111 cm³/mol. The molecular formula is C19H20ClN3O4S. The van der Waals surface area contributed by atoms with Gasteiger partial charge in [0, 0.05) is 17.0 Å². The van der Waals surface area contributed by atoms with Gasteiger partial charge >= 0.3 is 0 Å². The Balaban J connectivity index is 1.82. The molecule has 0 fully saturated rings. The first-order valence-corrected chi connectivity index (χ1v) is 9.90. The normalized spacial score (nSPS) is 12.0. The third-order valence-corrected chi connectivity index (χ3v) is 4.99. The zero-order chi connectivity index (χ0) is 20.5. The molecule has 148 valence electrons. The molecule has 2 rings (SSSR count). The summed E-state index contributed by atoms with van der Waals surface area (Å²) in [7, 11) is 0. The van der Waals surface area contributed by atoms with Crippen molar-refractivity contribution in [2.45, 2.75) is 31.3 Å². The molecule has 0 unspecified atom stereocenters. The number of carbonyl (C=O) groups excluding carboxylic acids is 1. The van der Waals surface area contributed by atoms with Crippen LogP contribution >= 0.6 is 23.4 Å². The summed E-state index contributed by atoms with van der Waals surface area (Å²) in [5, 5.41) is 15.0. The second kappa shape index (κ2) is 10.7. The van der Waals surface area contributed by atoms with Crippen LogP contribution in [0.25, 0.3) is 0 Å². The molecule has 0 saturated heterocycles.